The molecule has 0 aliphatic carbocycles. The van der Waals surface area contributed by atoms with Gasteiger partial charge in [0.05, 0.1) is 9.95 Å². The molecular weight excluding hydrogens is 362 g/mol. The Morgan fingerprint density at radius 1 is 1.10 bits per heavy atom. The molecule has 2 aromatic carbocycles. The third-order valence-electron chi connectivity index (χ3n) is 2.55. The van der Waals surface area contributed by atoms with Crippen LogP contribution in [0.2, 0.25) is 5.02 Å². The van der Waals surface area contributed by atoms with Gasteiger partial charge >= 0.3 is 5.69 Å². The van der Waals surface area contributed by atoms with Crippen LogP contribution in [0.1, 0.15) is 0 Å². The molecule has 0 bridgehead atoms. The Morgan fingerprint density at radius 2 is 1.76 bits per heavy atom. The molecule has 0 N–H and O–H groups in total. The SMILES string of the molecule is O=[N+]([O-])c1cccc(Cl)c1OCCOc1ccc(Br)cc1. The van der Waals surface area contributed by atoms with Gasteiger partial charge in [-0.3, -0.25) is 10.1 Å². The molecule has 7 heteroatoms. The van der Waals surface area contributed by atoms with Gasteiger partial charge in [-0.15, -0.1) is 0 Å². The topological polar surface area (TPSA) is 61.6 Å². The zero-order valence-corrected chi connectivity index (χ0v) is 13.1. The Labute approximate surface area is 134 Å². The summed E-state index contributed by atoms with van der Waals surface area (Å²) < 4.78 is 11.8. The van der Waals surface area contributed by atoms with Crippen molar-refractivity contribution in [3.05, 3.63) is 62.1 Å². The minimum absolute atomic E-state index is 0.0589. The first-order valence-corrected chi connectivity index (χ1v) is 7.19. The lowest BCUT2D eigenvalue weighted by Gasteiger charge is -2.09. The molecule has 2 aromatic rings. The molecule has 0 unspecified atom stereocenters. The standard InChI is InChI=1S/C14H11BrClNO4/c15-10-4-6-11(7-5-10)20-8-9-21-14-12(16)2-1-3-13(14)17(18)19/h1-7H,8-9H2. The van der Waals surface area contributed by atoms with Crippen molar-refractivity contribution in [2.24, 2.45) is 0 Å². The van der Waals surface area contributed by atoms with Crippen molar-refractivity contribution in [2.75, 3.05) is 13.2 Å². The van der Waals surface area contributed by atoms with Crippen molar-refractivity contribution >= 4 is 33.2 Å². The van der Waals surface area contributed by atoms with Gasteiger partial charge in [-0.25, -0.2) is 0 Å². The first kappa shape index (κ1) is 15.6. The van der Waals surface area contributed by atoms with Gasteiger partial charge in [0.25, 0.3) is 0 Å². The fourth-order valence-electron chi connectivity index (χ4n) is 1.62. The largest absolute Gasteiger partial charge is 0.490 e. The van der Waals surface area contributed by atoms with Crippen LogP contribution in [0.5, 0.6) is 11.5 Å². The zero-order chi connectivity index (χ0) is 15.2. The first-order valence-electron chi connectivity index (χ1n) is 6.02. The first-order chi connectivity index (χ1) is 10.1. The van der Waals surface area contributed by atoms with Gasteiger partial charge in [0.1, 0.15) is 19.0 Å². The number of benzene rings is 2. The number of rotatable bonds is 6. The lowest BCUT2D eigenvalue weighted by molar-refractivity contribution is -0.385. The molecule has 0 atom stereocenters. The third kappa shape index (κ3) is 4.34. The second-order valence-corrected chi connectivity index (χ2v) is 5.32. The van der Waals surface area contributed by atoms with Crippen molar-refractivity contribution in [1.82, 2.24) is 0 Å². The van der Waals surface area contributed by atoms with E-state index in [0.717, 1.165) is 4.47 Å². The maximum Gasteiger partial charge on any atom is 0.312 e. The van der Waals surface area contributed by atoms with E-state index >= 15 is 0 Å². The summed E-state index contributed by atoms with van der Waals surface area (Å²) in [5, 5.41) is 11.1. The van der Waals surface area contributed by atoms with E-state index in [2.05, 4.69) is 15.9 Å². The predicted octanol–water partition coefficient (Wildman–Crippen LogP) is 4.47. The van der Waals surface area contributed by atoms with Crippen molar-refractivity contribution in [1.29, 1.82) is 0 Å². The molecule has 0 saturated carbocycles. The van der Waals surface area contributed by atoms with Crippen molar-refractivity contribution < 1.29 is 14.4 Å². The van der Waals surface area contributed by atoms with Gasteiger partial charge in [0, 0.05) is 10.5 Å². The van der Waals surface area contributed by atoms with E-state index in [9.17, 15) is 10.1 Å². The smallest absolute Gasteiger partial charge is 0.312 e. The van der Waals surface area contributed by atoms with Crippen molar-refractivity contribution in [3.63, 3.8) is 0 Å². The van der Waals surface area contributed by atoms with Gasteiger partial charge in [0.15, 0.2) is 0 Å². The Hall–Kier alpha value is -1.79. The molecule has 0 radical (unpaired) electrons. The Bertz CT molecular complexity index is 633. The molecule has 2 rings (SSSR count). The summed E-state index contributed by atoms with van der Waals surface area (Å²) in [6.07, 6.45) is 0. The van der Waals surface area contributed by atoms with E-state index in [4.69, 9.17) is 21.1 Å². The van der Waals surface area contributed by atoms with Crippen LogP contribution < -0.4 is 9.47 Å². The highest BCUT2D eigenvalue weighted by molar-refractivity contribution is 9.10. The summed E-state index contributed by atoms with van der Waals surface area (Å²) in [5.41, 5.74) is -0.161. The Morgan fingerprint density at radius 3 is 2.43 bits per heavy atom. The van der Waals surface area contributed by atoms with Crippen LogP contribution in [0.25, 0.3) is 0 Å². The minimum atomic E-state index is -0.531. The second kappa shape index (κ2) is 7.28. The van der Waals surface area contributed by atoms with Gasteiger partial charge in [-0.1, -0.05) is 33.6 Å². The maximum atomic E-state index is 10.9. The summed E-state index contributed by atoms with van der Waals surface area (Å²) in [4.78, 5) is 10.4. The summed E-state index contributed by atoms with van der Waals surface area (Å²) in [5.74, 6) is 0.749. The van der Waals surface area contributed by atoms with E-state index in [1.807, 2.05) is 24.3 Å². The lowest BCUT2D eigenvalue weighted by atomic mass is 10.3. The second-order valence-electron chi connectivity index (χ2n) is 4.00. The number of hydrogen-bond donors (Lipinski definition) is 0. The van der Waals surface area contributed by atoms with E-state index < -0.39 is 4.92 Å². The number of nitrogens with zero attached hydrogens (tertiary/aromatic N) is 1. The van der Waals surface area contributed by atoms with Crippen LogP contribution in [0, 0.1) is 10.1 Å². The monoisotopic (exact) mass is 371 g/mol. The molecule has 110 valence electrons. The van der Waals surface area contributed by atoms with Crippen LogP contribution in [0.3, 0.4) is 0 Å². The molecule has 21 heavy (non-hydrogen) atoms. The number of halogens is 2. The van der Waals surface area contributed by atoms with Crippen LogP contribution in [0.15, 0.2) is 46.9 Å². The fourth-order valence-corrected chi connectivity index (χ4v) is 2.11. The van der Waals surface area contributed by atoms with Crippen LogP contribution in [-0.4, -0.2) is 18.1 Å². The average molecular weight is 373 g/mol. The van der Waals surface area contributed by atoms with Crippen LogP contribution in [-0.2, 0) is 0 Å². The highest BCUT2D eigenvalue weighted by Crippen LogP contribution is 2.34. The van der Waals surface area contributed by atoms with E-state index in [-0.39, 0.29) is 29.7 Å². The van der Waals surface area contributed by atoms with E-state index in [1.165, 1.54) is 12.1 Å². The highest BCUT2D eigenvalue weighted by Gasteiger charge is 2.17. The van der Waals surface area contributed by atoms with Crippen molar-refractivity contribution in [3.8, 4) is 11.5 Å². The van der Waals surface area contributed by atoms with Crippen LogP contribution >= 0.6 is 27.5 Å². The molecule has 0 aliphatic rings. The minimum Gasteiger partial charge on any atom is -0.490 e. The van der Waals surface area contributed by atoms with E-state index in [0.29, 0.717) is 5.75 Å². The van der Waals surface area contributed by atoms with Gasteiger partial charge < -0.3 is 9.47 Å². The molecule has 5 nitrogen and oxygen atoms in total. The predicted molar refractivity (Wildman–Crippen MR) is 83.2 cm³/mol. The molecule has 0 amide bonds. The van der Waals surface area contributed by atoms with Crippen molar-refractivity contribution in [2.45, 2.75) is 0 Å². The number of ether oxygens (including phenoxy) is 2. The van der Waals surface area contributed by atoms with E-state index in [1.54, 1.807) is 6.07 Å². The maximum absolute atomic E-state index is 10.9. The van der Waals surface area contributed by atoms with Gasteiger partial charge in [-0.05, 0) is 30.3 Å². The fraction of sp³-hybridized carbons (Fsp3) is 0.143. The Balaban J connectivity index is 1.92. The van der Waals surface area contributed by atoms with Crippen LogP contribution in [0.4, 0.5) is 5.69 Å². The average Bonchev–Trinajstić information content (AvgIpc) is 2.46. The van der Waals surface area contributed by atoms with Gasteiger partial charge in [0.2, 0.25) is 5.75 Å². The van der Waals surface area contributed by atoms with Gasteiger partial charge in [-0.2, -0.15) is 0 Å². The molecule has 0 aliphatic heterocycles. The number of nitro benzene ring substituents is 1. The normalized spacial score (nSPS) is 10.2. The highest BCUT2D eigenvalue weighted by atomic mass is 79.9. The summed E-state index contributed by atoms with van der Waals surface area (Å²) >= 11 is 9.24. The molecule has 0 fully saturated rings. The molecule has 0 aromatic heterocycles. The molecule has 0 spiro atoms. The zero-order valence-electron chi connectivity index (χ0n) is 10.8. The summed E-state index contributed by atoms with van der Waals surface area (Å²) in [7, 11) is 0. The number of para-hydroxylation sites is 1. The third-order valence-corrected chi connectivity index (χ3v) is 3.38. The lowest BCUT2D eigenvalue weighted by Crippen LogP contribution is -2.10. The number of nitro groups is 1. The Kier molecular flexibility index (Phi) is 5.41. The molecule has 0 saturated heterocycles. The quantitative estimate of drug-likeness (QED) is 0.426. The summed E-state index contributed by atoms with van der Waals surface area (Å²) in [6.45, 7) is 0.407. The molecular formula is C14H11BrClNO4. The summed E-state index contributed by atoms with van der Waals surface area (Å²) in [6, 6.07) is 11.7. The number of hydrogen-bond acceptors (Lipinski definition) is 4. The molecule has 0 heterocycles.